The molecule has 2 fully saturated rings. The van der Waals surface area contributed by atoms with Crippen molar-refractivity contribution in [3.63, 3.8) is 0 Å². The zero-order chi connectivity index (χ0) is 14.8. The average Bonchev–Trinajstić information content (AvgIpc) is 3.11. The summed E-state index contributed by atoms with van der Waals surface area (Å²) in [5.74, 6) is -0.860. The molecule has 2 heterocycles. The maximum absolute atomic E-state index is 12.2. The summed E-state index contributed by atoms with van der Waals surface area (Å²) >= 11 is 0. The molecule has 2 aliphatic carbocycles. The molecule has 5 nitrogen and oxygen atoms in total. The monoisotopic (exact) mass is 286 g/mol. The number of epoxide rings is 1. The van der Waals surface area contributed by atoms with Gasteiger partial charge in [-0.1, -0.05) is 11.6 Å². The maximum atomic E-state index is 12.2. The zero-order valence-electron chi connectivity index (χ0n) is 11.5. The maximum Gasteiger partial charge on any atom is 0.342 e. The fourth-order valence-electron chi connectivity index (χ4n) is 3.46. The topological polar surface area (TPSA) is 73.0 Å². The Morgan fingerprint density at radius 2 is 1.95 bits per heavy atom. The highest BCUT2D eigenvalue weighted by Crippen LogP contribution is 2.53. The van der Waals surface area contributed by atoms with Crippen molar-refractivity contribution in [2.75, 3.05) is 0 Å². The first-order valence-corrected chi connectivity index (χ1v) is 7.07. The molecular weight excluding hydrogens is 272 g/mol. The molecule has 0 aromatic carbocycles. The van der Waals surface area contributed by atoms with E-state index in [-0.39, 0.29) is 11.6 Å². The van der Waals surface area contributed by atoms with E-state index in [1.165, 1.54) is 12.2 Å². The molecule has 2 saturated heterocycles. The molecule has 21 heavy (non-hydrogen) atoms. The van der Waals surface area contributed by atoms with E-state index in [1.807, 2.05) is 13.0 Å². The van der Waals surface area contributed by atoms with E-state index in [2.05, 4.69) is 0 Å². The second kappa shape index (κ2) is 4.01. The van der Waals surface area contributed by atoms with Crippen LogP contribution in [-0.4, -0.2) is 35.3 Å². The minimum Gasteiger partial charge on any atom is -0.452 e. The Morgan fingerprint density at radius 1 is 1.19 bits per heavy atom. The fraction of sp³-hybridized carbons (Fsp3) is 0.438. The molecule has 5 heteroatoms. The summed E-state index contributed by atoms with van der Waals surface area (Å²) < 4.78 is 11.0. The van der Waals surface area contributed by atoms with Crippen LogP contribution in [0, 0.1) is 0 Å². The van der Waals surface area contributed by atoms with Gasteiger partial charge in [0.1, 0.15) is 6.10 Å². The molecule has 4 aliphatic rings. The molecule has 2 aliphatic heterocycles. The third-order valence-electron chi connectivity index (χ3n) is 4.62. The summed E-state index contributed by atoms with van der Waals surface area (Å²) in [6.07, 6.45) is 5.05. The quantitative estimate of drug-likeness (QED) is 0.289. The molecule has 0 saturated carbocycles. The van der Waals surface area contributed by atoms with Crippen LogP contribution in [0.3, 0.4) is 0 Å². The molecular formula is C16H14O5. The van der Waals surface area contributed by atoms with Gasteiger partial charge in [-0.25, -0.2) is 4.79 Å². The van der Waals surface area contributed by atoms with E-state index < -0.39 is 23.8 Å². The molecule has 4 rings (SSSR count). The van der Waals surface area contributed by atoms with Crippen LogP contribution in [0.15, 0.2) is 34.9 Å². The van der Waals surface area contributed by atoms with Crippen LogP contribution in [-0.2, 0) is 23.9 Å². The van der Waals surface area contributed by atoms with Gasteiger partial charge in [0, 0.05) is 5.57 Å². The molecule has 0 amide bonds. The van der Waals surface area contributed by atoms with E-state index in [1.54, 1.807) is 0 Å². The minimum absolute atomic E-state index is 0.188. The van der Waals surface area contributed by atoms with Crippen molar-refractivity contribution in [1.29, 1.82) is 0 Å². The normalized spacial score (nSPS) is 40.2. The highest BCUT2D eigenvalue weighted by Gasteiger charge is 2.73. The molecule has 108 valence electrons. The van der Waals surface area contributed by atoms with E-state index in [9.17, 15) is 14.4 Å². The van der Waals surface area contributed by atoms with Crippen molar-refractivity contribution >= 4 is 17.5 Å². The summed E-state index contributed by atoms with van der Waals surface area (Å²) in [5.41, 5.74) is 0.847. The zero-order valence-corrected chi connectivity index (χ0v) is 11.5. The number of rotatable bonds is 0. The Labute approximate surface area is 121 Å². The molecule has 0 unspecified atom stereocenters. The summed E-state index contributed by atoms with van der Waals surface area (Å²) in [5, 5.41) is 0. The number of carbonyl (C=O) groups excluding carboxylic acids is 3. The highest BCUT2D eigenvalue weighted by molar-refractivity contribution is 6.21. The van der Waals surface area contributed by atoms with Crippen LogP contribution in [0.4, 0.5) is 0 Å². The smallest absolute Gasteiger partial charge is 0.342 e. The first-order chi connectivity index (χ1) is 10.0. The second-order valence-electron chi connectivity index (χ2n) is 5.97. The Morgan fingerprint density at radius 3 is 2.71 bits per heavy atom. The van der Waals surface area contributed by atoms with Crippen LogP contribution >= 0.6 is 0 Å². The number of ether oxygens (including phenoxy) is 2. The number of allylic oxidation sites excluding steroid dienone is 5. The minimum atomic E-state index is -0.901. The largest absolute Gasteiger partial charge is 0.452 e. The van der Waals surface area contributed by atoms with Crippen LogP contribution < -0.4 is 0 Å². The number of esters is 1. The highest BCUT2D eigenvalue weighted by atomic mass is 16.7. The lowest BCUT2D eigenvalue weighted by Gasteiger charge is -2.20. The third kappa shape index (κ3) is 1.64. The third-order valence-corrected chi connectivity index (χ3v) is 4.62. The molecule has 0 spiro atoms. The van der Waals surface area contributed by atoms with Gasteiger partial charge in [-0.3, -0.25) is 9.59 Å². The molecule has 0 radical (unpaired) electrons. The van der Waals surface area contributed by atoms with Crippen molar-refractivity contribution < 1.29 is 23.9 Å². The number of carbonyl (C=O) groups is 3. The lowest BCUT2D eigenvalue weighted by Crippen LogP contribution is -2.29. The number of hydrogen-bond acceptors (Lipinski definition) is 5. The van der Waals surface area contributed by atoms with E-state index in [0.29, 0.717) is 30.4 Å². The molecule has 2 bridgehead atoms. The van der Waals surface area contributed by atoms with Crippen LogP contribution in [0.25, 0.3) is 0 Å². The predicted molar refractivity (Wildman–Crippen MR) is 71.3 cm³/mol. The van der Waals surface area contributed by atoms with Gasteiger partial charge in [-0.2, -0.15) is 0 Å². The van der Waals surface area contributed by atoms with Gasteiger partial charge in [0.25, 0.3) is 0 Å². The van der Waals surface area contributed by atoms with Crippen molar-refractivity contribution in [1.82, 2.24) is 0 Å². The van der Waals surface area contributed by atoms with E-state index >= 15 is 0 Å². The SMILES string of the molecule is C/C1=C/CC[C@]23O[C@@H]2[C@H](OC3=O)C2=C(C1)C(=O)C=CC2=O. The number of hydrogen-bond donors (Lipinski definition) is 0. The fourth-order valence-corrected chi connectivity index (χ4v) is 3.46. The van der Waals surface area contributed by atoms with Gasteiger partial charge in [-0.05, 0) is 38.3 Å². The van der Waals surface area contributed by atoms with Gasteiger partial charge in [0.05, 0.1) is 5.57 Å². The van der Waals surface area contributed by atoms with Crippen molar-refractivity contribution in [3.05, 3.63) is 34.9 Å². The van der Waals surface area contributed by atoms with Gasteiger partial charge in [0.2, 0.25) is 0 Å². The average molecular weight is 286 g/mol. The van der Waals surface area contributed by atoms with Crippen LogP contribution in [0.1, 0.15) is 26.2 Å². The Kier molecular flexibility index (Phi) is 2.43. The Bertz CT molecular complexity index is 681. The molecule has 0 aromatic rings. The molecule has 0 aromatic heterocycles. The van der Waals surface area contributed by atoms with Gasteiger partial charge >= 0.3 is 5.97 Å². The van der Waals surface area contributed by atoms with Crippen LogP contribution in [0.2, 0.25) is 0 Å². The van der Waals surface area contributed by atoms with Crippen molar-refractivity contribution in [2.24, 2.45) is 0 Å². The van der Waals surface area contributed by atoms with Gasteiger partial charge < -0.3 is 9.47 Å². The predicted octanol–water partition coefficient (Wildman–Crippen LogP) is 1.18. The summed E-state index contributed by atoms with van der Waals surface area (Å²) in [6, 6.07) is 0. The summed E-state index contributed by atoms with van der Waals surface area (Å²) in [4.78, 5) is 36.5. The summed E-state index contributed by atoms with van der Waals surface area (Å²) in [7, 11) is 0. The Balaban J connectivity index is 1.87. The Hall–Kier alpha value is -2.01. The van der Waals surface area contributed by atoms with Crippen LogP contribution in [0.5, 0.6) is 0 Å². The van der Waals surface area contributed by atoms with Crippen molar-refractivity contribution in [2.45, 2.75) is 44.0 Å². The standard InChI is InChI=1S/C16H14O5/c1-8-3-2-6-16-14(21-16)13(20-15(16)19)12-9(7-8)10(17)4-5-11(12)18/h3-5,13-14H,2,6-7H2,1H3/b8-3-/t13-,14-,16+/m1/s1. The number of fused-ring (bicyclic) bond motifs is 1. The molecule has 0 N–H and O–H groups in total. The van der Waals surface area contributed by atoms with Gasteiger partial charge in [-0.15, -0.1) is 0 Å². The lowest BCUT2D eigenvalue weighted by molar-refractivity contribution is -0.152. The first-order valence-electron chi connectivity index (χ1n) is 7.07. The summed E-state index contributed by atoms with van der Waals surface area (Å²) in [6.45, 7) is 1.93. The second-order valence-corrected chi connectivity index (χ2v) is 5.97. The van der Waals surface area contributed by atoms with E-state index in [0.717, 1.165) is 5.57 Å². The van der Waals surface area contributed by atoms with Crippen molar-refractivity contribution in [3.8, 4) is 0 Å². The molecule has 3 atom stereocenters. The van der Waals surface area contributed by atoms with E-state index in [4.69, 9.17) is 9.47 Å². The van der Waals surface area contributed by atoms with Gasteiger partial charge in [0.15, 0.2) is 23.3 Å². The lowest BCUT2D eigenvalue weighted by atomic mass is 9.84. The first kappa shape index (κ1) is 12.7. The number of ketones is 2.